The van der Waals surface area contributed by atoms with Gasteiger partial charge in [0.25, 0.3) is 5.56 Å². The molecule has 0 atom stereocenters. The summed E-state index contributed by atoms with van der Waals surface area (Å²) in [7, 11) is 0. The Hall–Kier alpha value is -2.42. The van der Waals surface area contributed by atoms with Crippen LogP contribution < -0.4 is 5.56 Å². The van der Waals surface area contributed by atoms with Crippen molar-refractivity contribution in [2.24, 2.45) is 0 Å². The largest absolute Gasteiger partial charge is 0.299 e. The van der Waals surface area contributed by atoms with Crippen molar-refractivity contribution >= 4 is 11.3 Å². The lowest BCUT2D eigenvalue weighted by molar-refractivity contribution is 0.122. The second-order valence-corrected chi connectivity index (χ2v) is 8.06. The Morgan fingerprint density at radius 3 is 2.61 bits per heavy atom. The molecule has 0 radical (unpaired) electrons. The third kappa shape index (κ3) is 4.70. The first kappa shape index (κ1) is 18.9. The van der Waals surface area contributed by atoms with Gasteiger partial charge in [-0.25, -0.2) is 9.67 Å². The molecule has 146 valence electrons. The lowest BCUT2D eigenvalue weighted by Gasteiger charge is -2.34. The molecule has 1 aliphatic rings. The van der Waals surface area contributed by atoms with Crippen LogP contribution in [0.5, 0.6) is 0 Å². The lowest BCUT2D eigenvalue weighted by Crippen LogP contribution is -2.47. The van der Waals surface area contributed by atoms with Crippen molar-refractivity contribution in [1.29, 1.82) is 0 Å². The van der Waals surface area contributed by atoms with Crippen LogP contribution in [-0.4, -0.2) is 62.3 Å². The van der Waals surface area contributed by atoms with E-state index in [1.807, 2.05) is 19.1 Å². The molecule has 28 heavy (non-hydrogen) atoms. The smallest absolute Gasteiger partial charge is 0.266 e. The summed E-state index contributed by atoms with van der Waals surface area (Å²) in [6.07, 6.45) is 3.50. The second kappa shape index (κ2) is 8.72. The van der Waals surface area contributed by atoms with Gasteiger partial charge in [0.2, 0.25) is 0 Å². The van der Waals surface area contributed by atoms with E-state index in [0.29, 0.717) is 6.54 Å². The summed E-state index contributed by atoms with van der Waals surface area (Å²) >= 11 is 1.71. The molecule has 0 aromatic carbocycles. The molecule has 1 fully saturated rings. The first-order chi connectivity index (χ1) is 13.7. The molecule has 0 N–H and O–H groups in total. The SMILES string of the molecule is Cc1nc(CN2CCN(CCn3nc(-c4cccnc4)ccc3=O)CC2)cs1. The van der Waals surface area contributed by atoms with Crippen LogP contribution in [-0.2, 0) is 13.1 Å². The normalized spacial score (nSPS) is 15.8. The third-order valence-electron chi connectivity index (χ3n) is 4.97. The Bertz CT molecular complexity index is 962. The van der Waals surface area contributed by atoms with Crippen molar-refractivity contribution in [2.75, 3.05) is 32.7 Å². The van der Waals surface area contributed by atoms with Crippen molar-refractivity contribution in [1.82, 2.24) is 29.5 Å². The fraction of sp³-hybridized carbons (Fsp3) is 0.400. The quantitative estimate of drug-likeness (QED) is 0.634. The topological polar surface area (TPSA) is 67.2 Å². The van der Waals surface area contributed by atoms with Crippen LogP contribution in [0.2, 0.25) is 0 Å². The number of rotatable bonds is 6. The Balaban J connectivity index is 1.31. The molecule has 0 amide bonds. The number of thiazole rings is 1. The van der Waals surface area contributed by atoms with Gasteiger partial charge in [0.05, 0.1) is 22.9 Å². The lowest BCUT2D eigenvalue weighted by atomic mass is 10.2. The molecule has 0 unspecified atom stereocenters. The number of hydrogen-bond donors (Lipinski definition) is 0. The van der Waals surface area contributed by atoms with Crippen molar-refractivity contribution in [3.63, 3.8) is 0 Å². The highest BCUT2D eigenvalue weighted by Gasteiger charge is 2.18. The zero-order valence-corrected chi connectivity index (χ0v) is 16.8. The fourth-order valence-electron chi connectivity index (χ4n) is 3.39. The van der Waals surface area contributed by atoms with Gasteiger partial charge in [-0.05, 0) is 25.1 Å². The van der Waals surface area contributed by atoms with Gasteiger partial charge in [-0.15, -0.1) is 11.3 Å². The van der Waals surface area contributed by atoms with Gasteiger partial charge >= 0.3 is 0 Å². The van der Waals surface area contributed by atoms with Gasteiger partial charge in [0, 0.05) is 68.7 Å². The molecule has 0 spiro atoms. The summed E-state index contributed by atoms with van der Waals surface area (Å²) in [6.45, 7) is 8.44. The molecule has 1 aliphatic heterocycles. The predicted molar refractivity (Wildman–Crippen MR) is 110 cm³/mol. The molecule has 7 nitrogen and oxygen atoms in total. The number of aromatic nitrogens is 4. The van der Waals surface area contributed by atoms with Crippen molar-refractivity contribution in [3.05, 3.63) is 63.1 Å². The molecule has 4 rings (SSSR count). The van der Waals surface area contributed by atoms with E-state index in [1.165, 1.54) is 5.69 Å². The minimum atomic E-state index is -0.0646. The van der Waals surface area contributed by atoms with E-state index in [2.05, 4.69) is 30.2 Å². The molecular weight excluding hydrogens is 372 g/mol. The standard InChI is InChI=1S/C20H24N6OS/c1-16-22-18(15-28-16)14-25-9-7-24(8-10-25)11-12-26-20(27)5-4-19(23-26)17-3-2-6-21-13-17/h2-6,13,15H,7-12,14H2,1H3. The fourth-order valence-corrected chi connectivity index (χ4v) is 4.00. The van der Waals surface area contributed by atoms with Gasteiger partial charge < -0.3 is 0 Å². The third-order valence-corrected chi connectivity index (χ3v) is 5.79. The number of piperazine rings is 1. The molecule has 4 heterocycles. The summed E-state index contributed by atoms with van der Waals surface area (Å²) in [5, 5.41) is 7.79. The van der Waals surface area contributed by atoms with Crippen LogP contribution in [0.25, 0.3) is 11.3 Å². The molecule has 3 aromatic heterocycles. The van der Waals surface area contributed by atoms with E-state index in [0.717, 1.165) is 55.5 Å². The summed E-state index contributed by atoms with van der Waals surface area (Å²) in [4.78, 5) is 25.7. The second-order valence-electron chi connectivity index (χ2n) is 7.00. The van der Waals surface area contributed by atoms with Gasteiger partial charge in [-0.2, -0.15) is 5.10 Å². The molecule has 0 saturated carbocycles. The Morgan fingerprint density at radius 2 is 1.89 bits per heavy atom. The van der Waals surface area contributed by atoms with Crippen molar-refractivity contribution < 1.29 is 0 Å². The van der Waals surface area contributed by atoms with E-state index >= 15 is 0 Å². The van der Waals surface area contributed by atoms with Crippen molar-refractivity contribution in [2.45, 2.75) is 20.0 Å². The van der Waals surface area contributed by atoms with E-state index < -0.39 is 0 Å². The summed E-state index contributed by atoms with van der Waals surface area (Å²) in [6, 6.07) is 7.17. The van der Waals surface area contributed by atoms with Crippen LogP contribution in [0.15, 0.2) is 46.8 Å². The summed E-state index contributed by atoms with van der Waals surface area (Å²) in [5.41, 5.74) is 2.79. The highest BCUT2D eigenvalue weighted by atomic mass is 32.1. The zero-order valence-electron chi connectivity index (χ0n) is 16.0. The van der Waals surface area contributed by atoms with E-state index in [-0.39, 0.29) is 5.56 Å². The first-order valence-electron chi connectivity index (χ1n) is 9.52. The maximum atomic E-state index is 12.2. The van der Waals surface area contributed by atoms with Crippen LogP contribution in [0, 0.1) is 6.92 Å². The summed E-state index contributed by atoms with van der Waals surface area (Å²) in [5.74, 6) is 0. The minimum Gasteiger partial charge on any atom is -0.299 e. The number of aryl methyl sites for hydroxylation is 1. The van der Waals surface area contributed by atoms with Gasteiger partial charge in [-0.1, -0.05) is 0 Å². The molecule has 0 aliphatic carbocycles. The Kier molecular flexibility index (Phi) is 5.90. The average molecular weight is 397 g/mol. The van der Waals surface area contributed by atoms with E-state index in [4.69, 9.17) is 0 Å². The van der Waals surface area contributed by atoms with Gasteiger partial charge in [0.1, 0.15) is 0 Å². The predicted octanol–water partition coefficient (Wildman–Crippen LogP) is 1.89. The maximum Gasteiger partial charge on any atom is 0.266 e. The monoisotopic (exact) mass is 396 g/mol. The maximum absolute atomic E-state index is 12.2. The number of nitrogens with zero attached hydrogens (tertiary/aromatic N) is 6. The average Bonchev–Trinajstić information content (AvgIpc) is 3.14. The highest BCUT2D eigenvalue weighted by molar-refractivity contribution is 7.09. The van der Waals surface area contributed by atoms with E-state index in [1.54, 1.807) is 40.5 Å². The number of pyridine rings is 1. The molecule has 0 bridgehead atoms. The van der Waals surface area contributed by atoms with Crippen molar-refractivity contribution in [3.8, 4) is 11.3 Å². The van der Waals surface area contributed by atoms with Crippen LogP contribution in [0.4, 0.5) is 0 Å². The van der Waals surface area contributed by atoms with E-state index in [9.17, 15) is 4.79 Å². The Labute approximate surface area is 168 Å². The minimum absolute atomic E-state index is 0.0646. The van der Waals surface area contributed by atoms with Crippen LogP contribution >= 0.6 is 11.3 Å². The first-order valence-corrected chi connectivity index (χ1v) is 10.4. The molecular formula is C20H24N6OS. The highest BCUT2D eigenvalue weighted by Crippen LogP contribution is 2.14. The van der Waals surface area contributed by atoms with Gasteiger partial charge in [-0.3, -0.25) is 19.6 Å². The van der Waals surface area contributed by atoms with Crippen LogP contribution in [0.3, 0.4) is 0 Å². The summed E-state index contributed by atoms with van der Waals surface area (Å²) < 4.78 is 1.56. The zero-order chi connectivity index (χ0) is 19.3. The number of hydrogen-bond acceptors (Lipinski definition) is 7. The van der Waals surface area contributed by atoms with Crippen LogP contribution in [0.1, 0.15) is 10.7 Å². The molecule has 3 aromatic rings. The van der Waals surface area contributed by atoms with Gasteiger partial charge in [0.15, 0.2) is 0 Å². The molecule has 1 saturated heterocycles. The Morgan fingerprint density at radius 1 is 1.07 bits per heavy atom. The molecule has 8 heteroatoms.